The number of likely N-dealkylation sites (tertiary alicyclic amines) is 1. The quantitative estimate of drug-likeness (QED) is 0.940. The summed E-state index contributed by atoms with van der Waals surface area (Å²) in [6.45, 7) is 1.34. The Hall–Kier alpha value is -2.70. The Morgan fingerprint density at radius 1 is 1.25 bits per heavy atom. The number of carbonyl (C=O) groups excluding carboxylic acids is 1. The van der Waals surface area contributed by atoms with E-state index in [0.717, 1.165) is 18.7 Å². The van der Waals surface area contributed by atoms with Gasteiger partial charge in [0.1, 0.15) is 5.82 Å². The molecule has 0 unspecified atom stereocenters. The summed E-state index contributed by atoms with van der Waals surface area (Å²) >= 11 is 0. The highest BCUT2D eigenvalue weighted by atomic mass is 19.1. The molecule has 1 saturated heterocycles. The van der Waals surface area contributed by atoms with E-state index in [0.29, 0.717) is 24.8 Å². The number of amides is 2. The molecule has 0 spiro atoms. The summed E-state index contributed by atoms with van der Waals surface area (Å²) < 4.78 is 12.9. The topological polar surface area (TPSA) is 61.4 Å². The van der Waals surface area contributed by atoms with Crippen molar-refractivity contribution in [1.29, 1.82) is 0 Å². The van der Waals surface area contributed by atoms with E-state index in [-0.39, 0.29) is 11.8 Å². The van der Waals surface area contributed by atoms with Crippen LogP contribution in [-0.4, -0.2) is 47.3 Å². The molecule has 7 heteroatoms. The summed E-state index contributed by atoms with van der Waals surface area (Å²) in [5.74, 6) is 0.521. The van der Waals surface area contributed by atoms with Gasteiger partial charge in [0.05, 0.1) is 0 Å². The number of nitrogens with zero attached hydrogens (tertiary/aromatic N) is 4. The SMILES string of the molecule is CN(c1cccnn1)C1CCN(C(=O)Nc2ccc(F)cc2)CC1. The second-order valence-corrected chi connectivity index (χ2v) is 5.85. The molecule has 1 aromatic heterocycles. The minimum atomic E-state index is -0.319. The number of nitrogens with one attached hydrogen (secondary N) is 1. The lowest BCUT2D eigenvalue weighted by Gasteiger charge is -2.37. The molecule has 2 amide bonds. The van der Waals surface area contributed by atoms with E-state index in [1.807, 2.05) is 19.2 Å². The molecule has 1 aromatic carbocycles. The maximum atomic E-state index is 12.9. The third kappa shape index (κ3) is 3.79. The predicted octanol–water partition coefficient (Wildman–Crippen LogP) is 2.75. The number of rotatable bonds is 3. The maximum Gasteiger partial charge on any atom is 0.321 e. The van der Waals surface area contributed by atoms with Crippen LogP contribution < -0.4 is 10.2 Å². The van der Waals surface area contributed by atoms with Crippen LogP contribution in [0, 0.1) is 5.82 Å². The minimum Gasteiger partial charge on any atom is -0.355 e. The van der Waals surface area contributed by atoms with E-state index in [1.54, 1.807) is 23.2 Å². The summed E-state index contributed by atoms with van der Waals surface area (Å²) in [5, 5.41) is 10.8. The van der Waals surface area contributed by atoms with Gasteiger partial charge >= 0.3 is 6.03 Å². The van der Waals surface area contributed by atoms with Gasteiger partial charge in [0.25, 0.3) is 0 Å². The molecule has 1 N–H and O–H groups in total. The Balaban J connectivity index is 1.53. The highest BCUT2D eigenvalue weighted by Crippen LogP contribution is 2.20. The monoisotopic (exact) mass is 329 g/mol. The van der Waals surface area contributed by atoms with Crippen LogP contribution in [0.25, 0.3) is 0 Å². The normalized spacial score (nSPS) is 15.2. The predicted molar refractivity (Wildman–Crippen MR) is 90.4 cm³/mol. The van der Waals surface area contributed by atoms with Crippen LogP contribution in [-0.2, 0) is 0 Å². The molecule has 0 atom stereocenters. The van der Waals surface area contributed by atoms with Crippen LogP contribution in [0.4, 0.5) is 20.7 Å². The van der Waals surface area contributed by atoms with Gasteiger partial charge < -0.3 is 15.1 Å². The average molecular weight is 329 g/mol. The van der Waals surface area contributed by atoms with Gasteiger partial charge in [-0.25, -0.2) is 9.18 Å². The fraction of sp³-hybridized carbons (Fsp3) is 0.353. The number of urea groups is 1. The van der Waals surface area contributed by atoms with Crippen molar-refractivity contribution in [3.05, 3.63) is 48.4 Å². The second-order valence-electron chi connectivity index (χ2n) is 5.85. The molecule has 1 aliphatic heterocycles. The van der Waals surface area contributed by atoms with Gasteiger partial charge in [0, 0.05) is 38.1 Å². The van der Waals surface area contributed by atoms with E-state index < -0.39 is 0 Å². The third-order valence-electron chi connectivity index (χ3n) is 4.31. The molecular formula is C17H20FN5O. The first-order chi connectivity index (χ1) is 11.6. The summed E-state index contributed by atoms with van der Waals surface area (Å²) in [7, 11) is 2.00. The van der Waals surface area contributed by atoms with Gasteiger partial charge in [0.15, 0.2) is 5.82 Å². The van der Waals surface area contributed by atoms with Crippen molar-refractivity contribution >= 4 is 17.5 Å². The molecule has 6 nitrogen and oxygen atoms in total. The number of piperidine rings is 1. The zero-order valence-corrected chi connectivity index (χ0v) is 13.5. The molecule has 3 rings (SSSR count). The fourth-order valence-corrected chi connectivity index (χ4v) is 2.86. The van der Waals surface area contributed by atoms with Gasteiger partial charge in [-0.15, -0.1) is 5.10 Å². The van der Waals surface area contributed by atoms with E-state index in [1.165, 1.54) is 12.1 Å². The van der Waals surface area contributed by atoms with Gasteiger partial charge in [-0.2, -0.15) is 5.10 Å². The Morgan fingerprint density at radius 2 is 1.96 bits per heavy atom. The molecular weight excluding hydrogens is 309 g/mol. The third-order valence-corrected chi connectivity index (χ3v) is 4.31. The molecule has 0 bridgehead atoms. The number of anilines is 2. The Morgan fingerprint density at radius 3 is 2.58 bits per heavy atom. The van der Waals surface area contributed by atoms with Gasteiger partial charge in [-0.1, -0.05) is 0 Å². The standard InChI is InChI=1S/C17H20FN5O/c1-22(16-3-2-10-19-21-16)15-8-11-23(12-9-15)17(24)20-14-6-4-13(18)5-7-14/h2-7,10,15H,8-9,11-12H2,1H3,(H,20,24). The Kier molecular flexibility index (Phi) is 4.88. The molecule has 1 aliphatic rings. The zero-order valence-electron chi connectivity index (χ0n) is 13.5. The van der Waals surface area contributed by atoms with Crippen LogP contribution in [0.3, 0.4) is 0 Å². The van der Waals surface area contributed by atoms with Crippen molar-refractivity contribution in [2.45, 2.75) is 18.9 Å². The van der Waals surface area contributed by atoms with Crippen LogP contribution in [0.2, 0.25) is 0 Å². The van der Waals surface area contributed by atoms with Crippen molar-refractivity contribution in [3.8, 4) is 0 Å². The number of benzene rings is 1. The molecule has 0 radical (unpaired) electrons. The van der Waals surface area contributed by atoms with Crippen LogP contribution >= 0.6 is 0 Å². The lowest BCUT2D eigenvalue weighted by molar-refractivity contribution is 0.194. The van der Waals surface area contributed by atoms with Crippen LogP contribution in [0.5, 0.6) is 0 Å². The second kappa shape index (κ2) is 7.25. The molecule has 1 fully saturated rings. The van der Waals surface area contributed by atoms with Crippen molar-refractivity contribution in [2.24, 2.45) is 0 Å². The van der Waals surface area contributed by atoms with E-state index in [4.69, 9.17) is 0 Å². The number of hydrogen-bond acceptors (Lipinski definition) is 4. The van der Waals surface area contributed by atoms with E-state index in [2.05, 4.69) is 20.4 Å². The van der Waals surface area contributed by atoms with E-state index >= 15 is 0 Å². The highest BCUT2D eigenvalue weighted by molar-refractivity contribution is 5.89. The number of carbonyl (C=O) groups is 1. The highest BCUT2D eigenvalue weighted by Gasteiger charge is 2.26. The number of aromatic nitrogens is 2. The molecule has 0 saturated carbocycles. The lowest BCUT2D eigenvalue weighted by atomic mass is 10.0. The molecule has 126 valence electrons. The zero-order chi connectivity index (χ0) is 16.9. The molecule has 0 aliphatic carbocycles. The maximum absolute atomic E-state index is 12.9. The average Bonchev–Trinajstić information content (AvgIpc) is 2.64. The minimum absolute atomic E-state index is 0.151. The van der Waals surface area contributed by atoms with Gasteiger partial charge in [-0.05, 0) is 49.2 Å². The Bertz CT molecular complexity index is 671. The lowest BCUT2D eigenvalue weighted by Crippen LogP contribution is -2.47. The summed E-state index contributed by atoms with van der Waals surface area (Å²) in [6.07, 6.45) is 3.38. The van der Waals surface area contributed by atoms with Crippen molar-refractivity contribution < 1.29 is 9.18 Å². The first-order valence-corrected chi connectivity index (χ1v) is 7.95. The smallest absolute Gasteiger partial charge is 0.321 e. The van der Waals surface area contributed by atoms with Gasteiger partial charge in [-0.3, -0.25) is 0 Å². The van der Waals surface area contributed by atoms with Crippen molar-refractivity contribution in [1.82, 2.24) is 15.1 Å². The van der Waals surface area contributed by atoms with Crippen LogP contribution in [0.15, 0.2) is 42.6 Å². The number of hydrogen-bond donors (Lipinski definition) is 1. The fourth-order valence-electron chi connectivity index (χ4n) is 2.86. The molecule has 24 heavy (non-hydrogen) atoms. The van der Waals surface area contributed by atoms with Gasteiger partial charge in [0.2, 0.25) is 0 Å². The largest absolute Gasteiger partial charge is 0.355 e. The first kappa shape index (κ1) is 16.2. The Labute approximate surface area is 140 Å². The van der Waals surface area contributed by atoms with Crippen molar-refractivity contribution in [3.63, 3.8) is 0 Å². The summed E-state index contributed by atoms with van der Waals surface area (Å²) in [6, 6.07) is 9.75. The number of halogens is 1. The first-order valence-electron chi connectivity index (χ1n) is 7.95. The molecule has 2 heterocycles. The van der Waals surface area contributed by atoms with Crippen LogP contribution in [0.1, 0.15) is 12.8 Å². The summed E-state index contributed by atoms with van der Waals surface area (Å²) in [4.78, 5) is 16.2. The molecule has 2 aromatic rings. The van der Waals surface area contributed by atoms with Crippen molar-refractivity contribution in [2.75, 3.05) is 30.4 Å². The van der Waals surface area contributed by atoms with E-state index in [9.17, 15) is 9.18 Å². The summed E-state index contributed by atoms with van der Waals surface area (Å²) in [5.41, 5.74) is 0.597.